The molecule has 0 aromatic heterocycles. The van der Waals surface area contributed by atoms with Gasteiger partial charge in [0.15, 0.2) is 0 Å². The first-order valence-electron chi connectivity index (χ1n) is 5.71. The van der Waals surface area contributed by atoms with Gasteiger partial charge in [-0.25, -0.2) is 0 Å². The molecule has 2 N–H and O–H groups in total. The smallest absolute Gasteiger partial charge is 0.124 e. The number of aromatic hydroxyl groups is 2. The first kappa shape index (κ1) is 12.2. The lowest BCUT2D eigenvalue weighted by Gasteiger charge is -2.06. The van der Waals surface area contributed by atoms with E-state index in [2.05, 4.69) is 4.99 Å². The molecular formula is C15H15NO2. The van der Waals surface area contributed by atoms with Crippen LogP contribution in [0.2, 0.25) is 0 Å². The zero-order chi connectivity index (χ0) is 13.1. The van der Waals surface area contributed by atoms with Crippen LogP contribution in [0.4, 0.5) is 5.69 Å². The molecule has 0 spiro atoms. The van der Waals surface area contributed by atoms with Gasteiger partial charge in [0.25, 0.3) is 0 Å². The third-order valence-corrected chi connectivity index (χ3v) is 2.76. The van der Waals surface area contributed by atoms with Crippen LogP contribution in [-0.4, -0.2) is 15.9 Å². The molecule has 3 nitrogen and oxygen atoms in total. The van der Waals surface area contributed by atoms with E-state index in [0.29, 0.717) is 5.56 Å². The van der Waals surface area contributed by atoms with E-state index in [1.807, 2.05) is 26.0 Å². The molecule has 0 aliphatic rings. The van der Waals surface area contributed by atoms with Crippen LogP contribution in [-0.2, 0) is 0 Å². The summed E-state index contributed by atoms with van der Waals surface area (Å²) in [6.45, 7) is 3.73. The Morgan fingerprint density at radius 3 is 2.44 bits per heavy atom. The molecule has 0 saturated heterocycles. The van der Waals surface area contributed by atoms with E-state index in [4.69, 9.17) is 0 Å². The summed E-state index contributed by atoms with van der Waals surface area (Å²) in [6, 6.07) is 12.1. The maximum absolute atomic E-state index is 9.75. The highest BCUT2D eigenvalue weighted by molar-refractivity contribution is 6.02. The summed E-state index contributed by atoms with van der Waals surface area (Å²) in [5.74, 6) is 0.446. The number of hydrogen-bond donors (Lipinski definition) is 2. The quantitative estimate of drug-likeness (QED) is 0.790. The minimum atomic E-state index is 0.218. The Labute approximate surface area is 106 Å². The fourth-order valence-electron chi connectivity index (χ4n) is 1.79. The Morgan fingerprint density at radius 1 is 1.06 bits per heavy atom. The largest absolute Gasteiger partial charge is 0.508 e. The summed E-state index contributed by atoms with van der Waals surface area (Å²) >= 11 is 0. The summed E-state index contributed by atoms with van der Waals surface area (Å²) in [7, 11) is 0. The molecule has 2 rings (SSSR count). The summed E-state index contributed by atoms with van der Waals surface area (Å²) in [4.78, 5) is 4.48. The van der Waals surface area contributed by atoms with Crippen LogP contribution in [0.1, 0.15) is 18.1 Å². The van der Waals surface area contributed by atoms with Crippen LogP contribution in [0.15, 0.2) is 47.5 Å². The predicted molar refractivity (Wildman–Crippen MR) is 72.8 cm³/mol. The number of hydrogen-bond acceptors (Lipinski definition) is 3. The number of aliphatic imine (C=N–C) groups is 1. The summed E-state index contributed by atoms with van der Waals surface area (Å²) < 4.78 is 0. The monoisotopic (exact) mass is 241 g/mol. The Hall–Kier alpha value is -2.29. The summed E-state index contributed by atoms with van der Waals surface area (Å²) in [5.41, 5.74) is 3.13. The van der Waals surface area contributed by atoms with Gasteiger partial charge >= 0.3 is 0 Å². The van der Waals surface area contributed by atoms with Gasteiger partial charge in [-0.15, -0.1) is 0 Å². The molecule has 0 fully saturated rings. The van der Waals surface area contributed by atoms with E-state index >= 15 is 0 Å². The fourth-order valence-corrected chi connectivity index (χ4v) is 1.79. The molecule has 0 amide bonds. The molecule has 18 heavy (non-hydrogen) atoms. The van der Waals surface area contributed by atoms with Gasteiger partial charge in [0.05, 0.1) is 5.69 Å². The second kappa shape index (κ2) is 4.92. The van der Waals surface area contributed by atoms with E-state index < -0.39 is 0 Å². The van der Waals surface area contributed by atoms with Crippen molar-refractivity contribution >= 4 is 11.4 Å². The Morgan fingerprint density at radius 2 is 1.78 bits per heavy atom. The zero-order valence-electron chi connectivity index (χ0n) is 10.4. The van der Waals surface area contributed by atoms with Crippen molar-refractivity contribution in [2.24, 2.45) is 4.99 Å². The van der Waals surface area contributed by atoms with E-state index in [1.165, 1.54) is 0 Å². The molecule has 3 heteroatoms. The number of phenols is 2. The summed E-state index contributed by atoms with van der Waals surface area (Å²) in [5, 5.41) is 19.1. The highest BCUT2D eigenvalue weighted by Crippen LogP contribution is 2.25. The average molecular weight is 241 g/mol. The van der Waals surface area contributed by atoms with Crippen molar-refractivity contribution in [2.75, 3.05) is 0 Å². The number of para-hydroxylation sites is 1. The first-order valence-corrected chi connectivity index (χ1v) is 5.71. The van der Waals surface area contributed by atoms with Gasteiger partial charge in [-0.2, -0.15) is 0 Å². The molecule has 0 unspecified atom stereocenters. The van der Waals surface area contributed by atoms with Gasteiger partial charge in [-0.05, 0) is 49.7 Å². The van der Waals surface area contributed by atoms with Crippen LogP contribution in [0.25, 0.3) is 0 Å². The van der Waals surface area contributed by atoms with Crippen molar-refractivity contribution in [3.63, 3.8) is 0 Å². The highest BCUT2D eigenvalue weighted by Gasteiger charge is 2.04. The summed E-state index contributed by atoms with van der Waals surface area (Å²) in [6.07, 6.45) is 0. The van der Waals surface area contributed by atoms with E-state index in [9.17, 15) is 10.2 Å². The van der Waals surface area contributed by atoms with Gasteiger partial charge in [-0.3, -0.25) is 4.99 Å². The lowest BCUT2D eigenvalue weighted by molar-refractivity contribution is 0.473. The fraction of sp³-hybridized carbons (Fsp3) is 0.133. The van der Waals surface area contributed by atoms with Crippen molar-refractivity contribution < 1.29 is 10.2 Å². The Kier molecular flexibility index (Phi) is 3.33. The minimum absolute atomic E-state index is 0.218. The second-order valence-electron chi connectivity index (χ2n) is 4.19. The molecule has 0 bridgehead atoms. The second-order valence-corrected chi connectivity index (χ2v) is 4.19. The van der Waals surface area contributed by atoms with Crippen molar-refractivity contribution in [1.82, 2.24) is 0 Å². The van der Waals surface area contributed by atoms with Gasteiger partial charge in [0.1, 0.15) is 11.5 Å². The number of aryl methyl sites for hydroxylation is 1. The molecule has 0 heterocycles. The molecule has 92 valence electrons. The topological polar surface area (TPSA) is 52.8 Å². The lowest BCUT2D eigenvalue weighted by atomic mass is 10.1. The SMILES string of the molecule is C/C(=N\c1ccc(O)cc1C)c1ccccc1O. The van der Waals surface area contributed by atoms with Crippen LogP contribution >= 0.6 is 0 Å². The van der Waals surface area contributed by atoms with Crippen LogP contribution in [0.5, 0.6) is 11.5 Å². The van der Waals surface area contributed by atoms with Gasteiger partial charge in [-0.1, -0.05) is 12.1 Å². The maximum Gasteiger partial charge on any atom is 0.124 e. The van der Waals surface area contributed by atoms with Gasteiger partial charge in [0.2, 0.25) is 0 Å². The van der Waals surface area contributed by atoms with Crippen molar-refractivity contribution in [3.8, 4) is 11.5 Å². The van der Waals surface area contributed by atoms with Crippen LogP contribution < -0.4 is 0 Å². The molecule has 0 saturated carbocycles. The lowest BCUT2D eigenvalue weighted by Crippen LogP contribution is -1.94. The Balaban J connectivity index is 2.42. The van der Waals surface area contributed by atoms with E-state index in [0.717, 1.165) is 17.0 Å². The first-order chi connectivity index (χ1) is 8.58. The number of phenolic OH excluding ortho intramolecular Hbond substituents is 2. The molecule has 0 aliphatic carbocycles. The third kappa shape index (κ3) is 2.51. The highest BCUT2D eigenvalue weighted by atomic mass is 16.3. The van der Waals surface area contributed by atoms with E-state index in [1.54, 1.807) is 30.3 Å². The number of nitrogens with zero attached hydrogens (tertiary/aromatic N) is 1. The molecule has 0 atom stereocenters. The number of rotatable bonds is 2. The molecule has 0 radical (unpaired) electrons. The minimum Gasteiger partial charge on any atom is -0.508 e. The normalized spacial score (nSPS) is 11.6. The van der Waals surface area contributed by atoms with E-state index in [-0.39, 0.29) is 11.5 Å². The zero-order valence-corrected chi connectivity index (χ0v) is 10.4. The molecule has 0 aliphatic heterocycles. The third-order valence-electron chi connectivity index (χ3n) is 2.76. The molecule has 2 aromatic carbocycles. The maximum atomic E-state index is 9.75. The van der Waals surface area contributed by atoms with Gasteiger partial charge in [0, 0.05) is 11.3 Å². The van der Waals surface area contributed by atoms with Crippen molar-refractivity contribution in [2.45, 2.75) is 13.8 Å². The average Bonchev–Trinajstić information content (AvgIpc) is 2.33. The van der Waals surface area contributed by atoms with Crippen LogP contribution in [0, 0.1) is 6.92 Å². The predicted octanol–water partition coefficient (Wildman–Crippen LogP) is 3.55. The molecular weight excluding hydrogens is 226 g/mol. The Bertz CT molecular complexity index is 603. The van der Waals surface area contributed by atoms with Crippen molar-refractivity contribution in [1.29, 1.82) is 0 Å². The van der Waals surface area contributed by atoms with Crippen LogP contribution in [0.3, 0.4) is 0 Å². The van der Waals surface area contributed by atoms with Crippen molar-refractivity contribution in [3.05, 3.63) is 53.6 Å². The number of benzene rings is 2. The standard InChI is InChI=1S/C15H15NO2/c1-10-9-12(17)7-8-14(10)16-11(2)13-5-3-4-6-15(13)18/h3-9,17-18H,1-2H3/b16-11+. The van der Waals surface area contributed by atoms with Gasteiger partial charge < -0.3 is 10.2 Å². The molecule has 2 aromatic rings.